The Morgan fingerprint density at radius 1 is 1.18 bits per heavy atom. The number of hydrogen-bond donors (Lipinski definition) is 1. The van der Waals surface area contributed by atoms with Gasteiger partial charge >= 0.3 is 0 Å². The van der Waals surface area contributed by atoms with Gasteiger partial charge in [0.15, 0.2) is 17.3 Å². The van der Waals surface area contributed by atoms with Crippen molar-refractivity contribution in [2.75, 3.05) is 0 Å². The maximum Gasteiger partial charge on any atom is 0.224 e. The monoisotopic (exact) mass is 302 g/mol. The fraction of sp³-hybridized carbons (Fsp3) is 0.176. The third-order valence-corrected chi connectivity index (χ3v) is 3.08. The minimum Gasteiger partial charge on any atom is -0.502 e. The van der Waals surface area contributed by atoms with Crippen LogP contribution in [0.15, 0.2) is 47.3 Å². The first-order valence-electron chi connectivity index (χ1n) is 6.81. The van der Waals surface area contributed by atoms with Gasteiger partial charge in [0, 0.05) is 12.8 Å². The Bertz CT molecular complexity index is 756. The van der Waals surface area contributed by atoms with E-state index in [0.29, 0.717) is 12.0 Å². The van der Waals surface area contributed by atoms with Crippen molar-refractivity contribution >= 4 is 5.78 Å². The van der Waals surface area contributed by atoms with E-state index in [4.69, 9.17) is 4.74 Å². The van der Waals surface area contributed by atoms with Gasteiger partial charge in [-0.3, -0.25) is 9.59 Å². The van der Waals surface area contributed by atoms with Crippen molar-refractivity contribution in [2.24, 2.45) is 0 Å². The van der Waals surface area contributed by atoms with Crippen LogP contribution in [0.2, 0.25) is 0 Å². The summed E-state index contributed by atoms with van der Waals surface area (Å²) >= 11 is 0. The van der Waals surface area contributed by atoms with Gasteiger partial charge in [0.25, 0.3) is 0 Å². The average Bonchev–Trinajstić information content (AvgIpc) is 2.65. The van der Waals surface area contributed by atoms with Gasteiger partial charge in [0.2, 0.25) is 11.2 Å². The van der Waals surface area contributed by atoms with Crippen LogP contribution in [-0.4, -0.2) is 10.9 Å². The molecule has 0 radical (unpaired) electrons. The lowest BCUT2D eigenvalue weighted by Gasteiger charge is -2.08. The van der Waals surface area contributed by atoms with Crippen molar-refractivity contribution in [3.05, 3.63) is 64.1 Å². The summed E-state index contributed by atoms with van der Waals surface area (Å²) in [6.07, 6.45) is 0.546. The highest BCUT2D eigenvalue weighted by Crippen LogP contribution is 2.29. The Morgan fingerprint density at radius 2 is 1.91 bits per heavy atom. The van der Waals surface area contributed by atoms with E-state index in [1.54, 1.807) is 13.0 Å². The molecule has 5 heteroatoms. The summed E-state index contributed by atoms with van der Waals surface area (Å²) in [7, 11) is 0. The first kappa shape index (κ1) is 15.7. The predicted molar refractivity (Wildman–Crippen MR) is 79.9 cm³/mol. The third kappa shape index (κ3) is 3.69. The van der Waals surface area contributed by atoms with Crippen LogP contribution in [0.4, 0.5) is 4.39 Å². The zero-order valence-corrected chi connectivity index (χ0v) is 12.0. The Hall–Kier alpha value is -2.69. The number of halogens is 1. The smallest absolute Gasteiger partial charge is 0.224 e. The summed E-state index contributed by atoms with van der Waals surface area (Å²) in [4.78, 5) is 22.8. The predicted octanol–water partition coefficient (Wildman–Crippen LogP) is 3.21. The maximum atomic E-state index is 14.0. The van der Waals surface area contributed by atoms with Crippen LogP contribution in [0.1, 0.15) is 18.9 Å². The summed E-state index contributed by atoms with van der Waals surface area (Å²) < 4.78 is 19.3. The van der Waals surface area contributed by atoms with Crippen molar-refractivity contribution < 1.29 is 19.0 Å². The second kappa shape index (κ2) is 6.85. The molecular formula is C17H15FO4. The van der Waals surface area contributed by atoms with E-state index < -0.39 is 17.0 Å². The molecule has 114 valence electrons. The second-order valence-corrected chi connectivity index (χ2v) is 4.73. The van der Waals surface area contributed by atoms with Gasteiger partial charge in [0.1, 0.15) is 5.78 Å². The van der Waals surface area contributed by atoms with Crippen LogP contribution in [-0.2, 0) is 11.2 Å². The molecule has 2 aromatic carbocycles. The third-order valence-electron chi connectivity index (χ3n) is 3.08. The molecule has 0 unspecified atom stereocenters. The van der Waals surface area contributed by atoms with E-state index in [9.17, 15) is 19.1 Å². The molecule has 0 heterocycles. The molecule has 0 saturated carbocycles. The number of benzene rings is 1. The number of ketones is 1. The molecule has 1 N–H and O–H groups in total. The molecule has 2 aromatic rings. The summed E-state index contributed by atoms with van der Waals surface area (Å²) in [5.74, 6) is -1.51. The second-order valence-electron chi connectivity index (χ2n) is 4.73. The lowest BCUT2D eigenvalue weighted by atomic mass is 10.1. The van der Waals surface area contributed by atoms with Crippen LogP contribution in [0.25, 0.3) is 0 Å². The summed E-state index contributed by atoms with van der Waals surface area (Å²) in [6, 6.07) is 9.64. The number of carbonyl (C=O) groups is 1. The fourth-order valence-corrected chi connectivity index (χ4v) is 1.86. The standard InChI is InChI=1S/C17H15FO4/c1-2-12(19)9-11-7-8-15(13(18)10-11)22-16-6-4-3-5-14(20)17(16)21/h3-8,10H,2,9H2,1H3,(H,20,21). The molecule has 4 nitrogen and oxygen atoms in total. The molecule has 0 bridgehead atoms. The summed E-state index contributed by atoms with van der Waals surface area (Å²) in [5.41, 5.74) is -0.0744. The Morgan fingerprint density at radius 3 is 2.59 bits per heavy atom. The van der Waals surface area contributed by atoms with E-state index in [1.165, 1.54) is 36.4 Å². The quantitative estimate of drug-likeness (QED) is 0.921. The highest BCUT2D eigenvalue weighted by Gasteiger charge is 2.11. The van der Waals surface area contributed by atoms with Gasteiger partial charge in [0.05, 0.1) is 0 Å². The highest BCUT2D eigenvalue weighted by atomic mass is 19.1. The minimum absolute atomic E-state index is 0.0109. The minimum atomic E-state index is -0.667. The van der Waals surface area contributed by atoms with Crippen molar-refractivity contribution in [1.82, 2.24) is 0 Å². The maximum absolute atomic E-state index is 14.0. The number of ether oxygens (including phenoxy) is 1. The SMILES string of the molecule is CCC(=O)Cc1ccc(Oc2ccccc(=O)c2O)c(F)c1. The van der Waals surface area contributed by atoms with Crippen LogP contribution in [0, 0.1) is 5.82 Å². The Kier molecular flexibility index (Phi) is 4.88. The molecule has 0 saturated heterocycles. The molecule has 22 heavy (non-hydrogen) atoms. The topological polar surface area (TPSA) is 63.6 Å². The van der Waals surface area contributed by atoms with Gasteiger partial charge in [-0.25, -0.2) is 4.39 Å². The molecule has 0 aliphatic carbocycles. The normalized spacial score (nSPS) is 10.3. The number of Topliss-reactive ketones (excluding diaryl/α,β-unsaturated/α-hetero) is 1. The van der Waals surface area contributed by atoms with Crippen LogP contribution >= 0.6 is 0 Å². The molecule has 0 spiro atoms. The van der Waals surface area contributed by atoms with Gasteiger partial charge in [-0.15, -0.1) is 0 Å². The van der Waals surface area contributed by atoms with Gasteiger partial charge in [-0.05, 0) is 29.8 Å². The number of aromatic hydroxyl groups is 1. The Labute approximate surface area is 126 Å². The van der Waals surface area contributed by atoms with Crippen molar-refractivity contribution in [2.45, 2.75) is 19.8 Å². The zero-order chi connectivity index (χ0) is 16.1. The van der Waals surface area contributed by atoms with Gasteiger partial charge < -0.3 is 9.84 Å². The highest BCUT2D eigenvalue weighted by molar-refractivity contribution is 5.80. The summed E-state index contributed by atoms with van der Waals surface area (Å²) in [5, 5.41) is 9.71. The largest absolute Gasteiger partial charge is 0.502 e. The number of carbonyl (C=O) groups excluding carboxylic acids is 1. The zero-order valence-electron chi connectivity index (χ0n) is 12.0. The molecule has 0 fully saturated rings. The van der Waals surface area contributed by atoms with Crippen molar-refractivity contribution in [3.8, 4) is 17.2 Å². The molecular weight excluding hydrogens is 287 g/mol. The van der Waals surface area contributed by atoms with E-state index in [-0.39, 0.29) is 23.7 Å². The number of hydrogen-bond acceptors (Lipinski definition) is 4. The van der Waals surface area contributed by atoms with E-state index >= 15 is 0 Å². The fourth-order valence-electron chi connectivity index (χ4n) is 1.86. The first-order valence-corrected chi connectivity index (χ1v) is 6.81. The molecule has 2 rings (SSSR count). The molecule has 0 aliphatic heterocycles. The number of rotatable bonds is 5. The van der Waals surface area contributed by atoms with E-state index in [0.717, 1.165) is 0 Å². The molecule has 0 amide bonds. The van der Waals surface area contributed by atoms with E-state index in [1.807, 2.05) is 0 Å². The summed E-state index contributed by atoms with van der Waals surface area (Å²) in [6.45, 7) is 1.74. The van der Waals surface area contributed by atoms with E-state index in [2.05, 4.69) is 0 Å². The molecule has 0 aromatic heterocycles. The van der Waals surface area contributed by atoms with Crippen molar-refractivity contribution in [1.29, 1.82) is 0 Å². The molecule has 0 aliphatic rings. The van der Waals surface area contributed by atoms with Gasteiger partial charge in [-0.2, -0.15) is 0 Å². The lowest BCUT2D eigenvalue weighted by molar-refractivity contribution is -0.118. The van der Waals surface area contributed by atoms with Crippen LogP contribution in [0.3, 0.4) is 0 Å². The lowest BCUT2D eigenvalue weighted by Crippen LogP contribution is -2.01. The van der Waals surface area contributed by atoms with Crippen LogP contribution < -0.4 is 10.2 Å². The van der Waals surface area contributed by atoms with Crippen molar-refractivity contribution in [3.63, 3.8) is 0 Å². The molecule has 0 atom stereocenters. The Balaban J connectivity index is 2.28. The van der Waals surface area contributed by atoms with Crippen LogP contribution in [0.5, 0.6) is 17.2 Å². The first-order chi connectivity index (χ1) is 10.5. The average molecular weight is 302 g/mol. The van der Waals surface area contributed by atoms with Gasteiger partial charge in [-0.1, -0.05) is 25.1 Å².